The van der Waals surface area contributed by atoms with Gasteiger partial charge < -0.3 is 15.9 Å². The van der Waals surface area contributed by atoms with Crippen molar-refractivity contribution < 1.29 is 19.8 Å². The lowest BCUT2D eigenvalue weighted by Crippen LogP contribution is -2.42. The van der Waals surface area contributed by atoms with Crippen molar-refractivity contribution in [2.75, 3.05) is 19.6 Å². The van der Waals surface area contributed by atoms with Crippen LogP contribution in [-0.2, 0) is 9.59 Å². The smallest absolute Gasteiger partial charge is 0.317 e. The Morgan fingerprint density at radius 1 is 1.28 bits per heavy atom. The number of aliphatic hydroxyl groups excluding tert-OH is 1. The Bertz CT molecular complexity index is 274. The van der Waals surface area contributed by atoms with Crippen molar-refractivity contribution in [1.82, 2.24) is 4.90 Å². The highest BCUT2D eigenvalue weighted by Gasteiger charge is 2.22. The Morgan fingerprint density at radius 3 is 2.39 bits per heavy atom. The number of aliphatic hydroxyl groups is 1. The normalized spacial score (nSPS) is 18.1. The SMILES string of the molecule is NC(=O)CN(CC(=O)O)CC(O)CC1CCCC1. The lowest BCUT2D eigenvalue weighted by molar-refractivity contribution is -0.139. The van der Waals surface area contributed by atoms with Gasteiger partial charge in [0.2, 0.25) is 5.91 Å². The Hall–Kier alpha value is -1.14. The number of hydrogen-bond donors (Lipinski definition) is 3. The molecule has 0 bridgehead atoms. The van der Waals surface area contributed by atoms with Crippen LogP contribution < -0.4 is 5.73 Å². The van der Waals surface area contributed by atoms with Gasteiger partial charge in [0.15, 0.2) is 0 Å². The second-order valence-corrected chi connectivity index (χ2v) is 5.07. The minimum absolute atomic E-state index is 0.131. The molecule has 0 aromatic rings. The molecule has 0 radical (unpaired) electrons. The Kier molecular flexibility index (Phi) is 6.07. The van der Waals surface area contributed by atoms with E-state index in [0.29, 0.717) is 12.3 Å². The molecule has 104 valence electrons. The van der Waals surface area contributed by atoms with Gasteiger partial charge >= 0.3 is 5.97 Å². The lowest BCUT2D eigenvalue weighted by Gasteiger charge is -2.23. The first-order chi connectivity index (χ1) is 8.47. The van der Waals surface area contributed by atoms with Crippen LogP contribution in [0.25, 0.3) is 0 Å². The average Bonchev–Trinajstić information content (AvgIpc) is 2.67. The van der Waals surface area contributed by atoms with Gasteiger partial charge in [0.05, 0.1) is 19.2 Å². The number of nitrogens with two attached hydrogens (primary N) is 1. The van der Waals surface area contributed by atoms with Crippen LogP contribution in [0.3, 0.4) is 0 Å². The number of carbonyl (C=O) groups is 2. The summed E-state index contributed by atoms with van der Waals surface area (Å²) >= 11 is 0. The summed E-state index contributed by atoms with van der Waals surface area (Å²) < 4.78 is 0. The van der Waals surface area contributed by atoms with Crippen molar-refractivity contribution >= 4 is 11.9 Å². The van der Waals surface area contributed by atoms with Gasteiger partial charge in [-0.15, -0.1) is 0 Å². The Labute approximate surface area is 107 Å². The van der Waals surface area contributed by atoms with Gasteiger partial charge in [-0.2, -0.15) is 0 Å². The molecule has 1 saturated carbocycles. The summed E-state index contributed by atoms with van der Waals surface area (Å²) in [7, 11) is 0. The van der Waals surface area contributed by atoms with Crippen molar-refractivity contribution in [2.24, 2.45) is 11.7 Å². The van der Waals surface area contributed by atoms with Crippen LogP contribution in [0.2, 0.25) is 0 Å². The Morgan fingerprint density at radius 2 is 1.89 bits per heavy atom. The molecule has 1 aliphatic carbocycles. The number of rotatable bonds is 8. The molecule has 1 aliphatic rings. The van der Waals surface area contributed by atoms with E-state index in [1.165, 1.54) is 17.7 Å². The zero-order chi connectivity index (χ0) is 13.5. The summed E-state index contributed by atoms with van der Waals surface area (Å²) in [4.78, 5) is 22.8. The minimum atomic E-state index is -1.02. The first kappa shape index (κ1) is 14.9. The molecule has 1 amide bonds. The number of aliphatic carboxylic acids is 1. The standard InChI is InChI=1S/C12H22N2O4/c13-11(16)7-14(8-12(17)18)6-10(15)5-9-3-1-2-4-9/h9-10,15H,1-8H2,(H2,13,16)(H,17,18). The van der Waals surface area contributed by atoms with Crippen molar-refractivity contribution in [3.63, 3.8) is 0 Å². The van der Waals surface area contributed by atoms with Gasteiger partial charge in [0.1, 0.15) is 0 Å². The summed E-state index contributed by atoms with van der Waals surface area (Å²) in [5.74, 6) is -1.08. The molecule has 1 rings (SSSR count). The molecule has 6 heteroatoms. The van der Waals surface area contributed by atoms with Gasteiger partial charge in [-0.1, -0.05) is 25.7 Å². The fraction of sp³-hybridized carbons (Fsp3) is 0.833. The highest BCUT2D eigenvalue weighted by molar-refractivity contribution is 5.77. The third kappa shape index (κ3) is 5.97. The maximum absolute atomic E-state index is 10.8. The van der Waals surface area contributed by atoms with Crippen LogP contribution in [-0.4, -0.2) is 52.7 Å². The summed E-state index contributed by atoms with van der Waals surface area (Å²) in [5, 5.41) is 18.6. The number of amides is 1. The van der Waals surface area contributed by atoms with E-state index < -0.39 is 18.0 Å². The lowest BCUT2D eigenvalue weighted by atomic mass is 10.00. The molecular formula is C12H22N2O4. The number of carboxylic acids is 1. The predicted molar refractivity (Wildman–Crippen MR) is 65.9 cm³/mol. The van der Waals surface area contributed by atoms with Gasteiger partial charge in [-0.05, 0) is 12.3 Å². The molecule has 0 saturated heterocycles. The topological polar surface area (TPSA) is 104 Å². The van der Waals surface area contributed by atoms with E-state index in [1.54, 1.807) is 0 Å². The van der Waals surface area contributed by atoms with Crippen molar-refractivity contribution in [2.45, 2.75) is 38.2 Å². The van der Waals surface area contributed by atoms with Crippen molar-refractivity contribution in [1.29, 1.82) is 0 Å². The third-order valence-corrected chi connectivity index (χ3v) is 3.29. The van der Waals surface area contributed by atoms with E-state index in [0.717, 1.165) is 12.8 Å². The second-order valence-electron chi connectivity index (χ2n) is 5.07. The highest BCUT2D eigenvalue weighted by atomic mass is 16.4. The molecular weight excluding hydrogens is 236 g/mol. The molecule has 18 heavy (non-hydrogen) atoms. The van der Waals surface area contributed by atoms with E-state index in [-0.39, 0.29) is 19.6 Å². The quantitative estimate of drug-likeness (QED) is 0.559. The molecule has 0 spiro atoms. The highest BCUT2D eigenvalue weighted by Crippen LogP contribution is 2.28. The average molecular weight is 258 g/mol. The maximum atomic E-state index is 10.8. The van der Waals surface area contributed by atoms with E-state index in [2.05, 4.69) is 0 Å². The molecule has 0 aliphatic heterocycles. The van der Waals surface area contributed by atoms with Crippen LogP contribution >= 0.6 is 0 Å². The predicted octanol–water partition coefficient (Wildman–Crippen LogP) is -0.201. The molecule has 0 aromatic carbocycles. The van der Waals surface area contributed by atoms with E-state index >= 15 is 0 Å². The van der Waals surface area contributed by atoms with E-state index in [4.69, 9.17) is 10.8 Å². The first-order valence-electron chi connectivity index (χ1n) is 6.38. The van der Waals surface area contributed by atoms with Gasteiger partial charge in [0, 0.05) is 6.54 Å². The van der Waals surface area contributed by atoms with E-state index in [9.17, 15) is 14.7 Å². The Balaban J connectivity index is 2.37. The monoisotopic (exact) mass is 258 g/mol. The number of primary amides is 1. The van der Waals surface area contributed by atoms with Crippen molar-refractivity contribution in [3.05, 3.63) is 0 Å². The van der Waals surface area contributed by atoms with Crippen molar-refractivity contribution in [3.8, 4) is 0 Å². The maximum Gasteiger partial charge on any atom is 0.317 e. The summed E-state index contributed by atoms with van der Waals surface area (Å²) in [6, 6.07) is 0. The largest absolute Gasteiger partial charge is 0.480 e. The summed E-state index contributed by atoms with van der Waals surface area (Å²) in [6.45, 7) is -0.218. The van der Waals surface area contributed by atoms with E-state index in [1.807, 2.05) is 0 Å². The van der Waals surface area contributed by atoms with Crippen LogP contribution in [0.15, 0.2) is 0 Å². The number of carbonyl (C=O) groups excluding carboxylic acids is 1. The molecule has 1 unspecified atom stereocenters. The molecule has 4 N–H and O–H groups in total. The molecule has 1 atom stereocenters. The zero-order valence-electron chi connectivity index (χ0n) is 10.5. The summed E-state index contributed by atoms with van der Waals surface area (Å²) in [6.07, 6.45) is 4.76. The molecule has 0 aromatic heterocycles. The number of nitrogens with zero attached hydrogens (tertiary/aromatic N) is 1. The number of hydrogen-bond acceptors (Lipinski definition) is 4. The fourth-order valence-corrected chi connectivity index (χ4v) is 2.60. The third-order valence-electron chi connectivity index (χ3n) is 3.29. The van der Waals surface area contributed by atoms with Crippen LogP contribution in [0.5, 0.6) is 0 Å². The summed E-state index contributed by atoms with van der Waals surface area (Å²) in [5.41, 5.74) is 5.05. The molecule has 0 heterocycles. The minimum Gasteiger partial charge on any atom is -0.480 e. The van der Waals surface area contributed by atoms with Gasteiger partial charge in [0.25, 0.3) is 0 Å². The first-order valence-corrected chi connectivity index (χ1v) is 6.38. The van der Waals surface area contributed by atoms with Crippen LogP contribution in [0.1, 0.15) is 32.1 Å². The second kappa shape index (κ2) is 7.33. The van der Waals surface area contributed by atoms with Crippen LogP contribution in [0.4, 0.5) is 0 Å². The number of carboxylic acid groups (broad SMARTS) is 1. The fourth-order valence-electron chi connectivity index (χ4n) is 2.60. The molecule has 6 nitrogen and oxygen atoms in total. The van der Waals surface area contributed by atoms with Crippen LogP contribution in [0, 0.1) is 5.92 Å². The molecule has 1 fully saturated rings. The zero-order valence-corrected chi connectivity index (χ0v) is 10.5. The van der Waals surface area contributed by atoms with Gasteiger partial charge in [-0.3, -0.25) is 14.5 Å². The van der Waals surface area contributed by atoms with Gasteiger partial charge in [-0.25, -0.2) is 0 Å².